The second kappa shape index (κ2) is 7.13. The number of hydrogen-bond donors (Lipinski definition) is 1. The van der Waals surface area contributed by atoms with Gasteiger partial charge in [-0.15, -0.1) is 0 Å². The first-order valence-corrected chi connectivity index (χ1v) is 6.96. The Balaban J connectivity index is 1.89. The summed E-state index contributed by atoms with van der Waals surface area (Å²) in [5.74, 6) is 0.724. The van der Waals surface area contributed by atoms with Crippen molar-refractivity contribution in [3.05, 3.63) is 23.8 Å². The lowest BCUT2D eigenvalue weighted by Crippen LogP contribution is -2.45. The summed E-state index contributed by atoms with van der Waals surface area (Å²) in [4.78, 5) is 4.78. The molecule has 1 saturated heterocycles. The molecule has 1 fully saturated rings. The van der Waals surface area contributed by atoms with Crippen LogP contribution in [-0.2, 0) is 0 Å². The number of nitriles is 1. The average molecular weight is 274 g/mol. The van der Waals surface area contributed by atoms with Crippen molar-refractivity contribution < 1.29 is 4.74 Å². The summed E-state index contributed by atoms with van der Waals surface area (Å²) in [6.45, 7) is 6.26. The Kier molecular flexibility index (Phi) is 5.22. The third kappa shape index (κ3) is 3.62. The van der Waals surface area contributed by atoms with E-state index in [0.717, 1.165) is 50.7 Å². The number of para-hydroxylation sites is 1. The quantitative estimate of drug-likeness (QED) is 0.875. The van der Waals surface area contributed by atoms with E-state index < -0.39 is 0 Å². The molecule has 5 nitrogen and oxygen atoms in total. The van der Waals surface area contributed by atoms with Crippen LogP contribution >= 0.6 is 0 Å². The average Bonchev–Trinajstić information content (AvgIpc) is 2.49. The molecule has 0 unspecified atom stereocenters. The minimum absolute atomic E-state index is 0.628. The number of benzene rings is 1. The molecule has 1 aliphatic rings. The van der Waals surface area contributed by atoms with Gasteiger partial charge in [0.25, 0.3) is 0 Å². The fourth-order valence-electron chi connectivity index (χ4n) is 2.39. The summed E-state index contributed by atoms with van der Waals surface area (Å²) < 4.78 is 5.31. The summed E-state index contributed by atoms with van der Waals surface area (Å²) in [7, 11) is 3.78. The molecule has 1 N–H and O–H groups in total. The fourth-order valence-corrected chi connectivity index (χ4v) is 2.39. The Morgan fingerprint density at radius 3 is 2.70 bits per heavy atom. The van der Waals surface area contributed by atoms with Gasteiger partial charge >= 0.3 is 0 Å². The molecule has 1 heterocycles. The molecule has 1 aliphatic heterocycles. The SMILES string of the molecule is COc1cccc(C#N)c1NCCN1CCN(C)CC1. The van der Waals surface area contributed by atoms with Crippen molar-refractivity contribution in [2.75, 3.05) is 58.7 Å². The number of ether oxygens (including phenoxy) is 1. The standard InChI is InChI=1S/C15H22N4O/c1-18-8-10-19(11-9-18)7-6-17-15-13(12-16)4-3-5-14(15)20-2/h3-5,17H,6-11H2,1-2H3. The third-order valence-corrected chi connectivity index (χ3v) is 3.69. The van der Waals surface area contributed by atoms with Crippen molar-refractivity contribution in [1.82, 2.24) is 9.80 Å². The van der Waals surface area contributed by atoms with Crippen molar-refractivity contribution in [3.63, 3.8) is 0 Å². The molecule has 1 aromatic rings. The number of nitrogens with zero attached hydrogens (tertiary/aromatic N) is 3. The Morgan fingerprint density at radius 2 is 2.05 bits per heavy atom. The Hall–Kier alpha value is -1.77. The van der Waals surface area contributed by atoms with Crippen molar-refractivity contribution in [2.24, 2.45) is 0 Å². The third-order valence-electron chi connectivity index (χ3n) is 3.69. The van der Waals surface area contributed by atoms with Crippen LogP contribution in [0.4, 0.5) is 5.69 Å². The first kappa shape index (κ1) is 14.6. The van der Waals surface area contributed by atoms with Crippen LogP contribution in [0, 0.1) is 11.3 Å². The zero-order chi connectivity index (χ0) is 14.4. The van der Waals surface area contributed by atoms with E-state index in [1.807, 2.05) is 12.1 Å². The lowest BCUT2D eigenvalue weighted by atomic mass is 10.1. The van der Waals surface area contributed by atoms with Crippen molar-refractivity contribution >= 4 is 5.69 Å². The molecular formula is C15H22N4O. The van der Waals surface area contributed by atoms with Gasteiger partial charge in [-0.25, -0.2) is 0 Å². The van der Waals surface area contributed by atoms with Gasteiger partial charge < -0.3 is 15.0 Å². The molecule has 2 rings (SSSR count). The number of rotatable bonds is 5. The van der Waals surface area contributed by atoms with Gasteiger partial charge in [-0.3, -0.25) is 4.90 Å². The summed E-state index contributed by atoms with van der Waals surface area (Å²) in [5.41, 5.74) is 1.43. The number of hydrogen-bond acceptors (Lipinski definition) is 5. The molecular weight excluding hydrogens is 252 g/mol. The van der Waals surface area contributed by atoms with Gasteiger partial charge in [0.2, 0.25) is 0 Å². The lowest BCUT2D eigenvalue weighted by molar-refractivity contribution is 0.158. The second-order valence-electron chi connectivity index (χ2n) is 5.07. The molecule has 0 atom stereocenters. The predicted octanol–water partition coefficient (Wildman–Crippen LogP) is 1.23. The van der Waals surface area contributed by atoms with E-state index in [9.17, 15) is 0 Å². The molecule has 5 heteroatoms. The molecule has 1 aromatic carbocycles. The summed E-state index contributed by atoms with van der Waals surface area (Å²) in [6.07, 6.45) is 0. The maximum atomic E-state index is 9.15. The van der Waals surface area contributed by atoms with E-state index in [1.54, 1.807) is 13.2 Å². The minimum atomic E-state index is 0.628. The van der Waals surface area contributed by atoms with Gasteiger partial charge in [0.15, 0.2) is 0 Å². The second-order valence-corrected chi connectivity index (χ2v) is 5.07. The van der Waals surface area contributed by atoms with Gasteiger partial charge in [-0.1, -0.05) is 6.07 Å². The van der Waals surface area contributed by atoms with Crippen LogP contribution in [0.2, 0.25) is 0 Å². The first-order valence-electron chi connectivity index (χ1n) is 6.96. The summed E-state index contributed by atoms with van der Waals surface area (Å²) in [6, 6.07) is 7.72. The molecule has 0 aliphatic carbocycles. The van der Waals surface area contributed by atoms with Crippen molar-refractivity contribution in [1.29, 1.82) is 5.26 Å². The van der Waals surface area contributed by atoms with E-state index in [1.165, 1.54) is 0 Å². The van der Waals surface area contributed by atoms with Crippen molar-refractivity contribution in [3.8, 4) is 11.8 Å². The van der Waals surface area contributed by atoms with E-state index >= 15 is 0 Å². The number of likely N-dealkylation sites (N-methyl/N-ethyl adjacent to an activating group) is 1. The van der Waals surface area contributed by atoms with Crippen LogP contribution in [0.25, 0.3) is 0 Å². The van der Waals surface area contributed by atoms with Crippen molar-refractivity contribution in [2.45, 2.75) is 0 Å². The van der Waals surface area contributed by atoms with Crippen LogP contribution < -0.4 is 10.1 Å². The normalized spacial score (nSPS) is 16.6. The van der Waals surface area contributed by atoms with Gasteiger partial charge in [-0.05, 0) is 19.2 Å². The Morgan fingerprint density at radius 1 is 1.30 bits per heavy atom. The Labute approximate surface area is 120 Å². The minimum Gasteiger partial charge on any atom is -0.495 e. The molecule has 0 aromatic heterocycles. The summed E-state index contributed by atoms with van der Waals surface area (Å²) in [5, 5.41) is 12.5. The van der Waals surface area contributed by atoms with Gasteiger partial charge in [0, 0.05) is 39.3 Å². The molecule has 108 valence electrons. The van der Waals surface area contributed by atoms with Crippen LogP contribution in [-0.4, -0.2) is 63.2 Å². The highest BCUT2D eigenvalue weighted by molar-refractivity contribution is 5.66. The lowest BCUT2D eigenvalue weighted by Gasteiger charge is -2.32. The van der Waals surface area contributed by atoms with Gasteiger partial charge in [0.1, 0.15) is 11.8 Å². The maximum Gasteiger partial charge on any atom is 0.143 e. The number of methoxy groups -OCH3 is 1. The topological polar surface area (TPSA) is 51.5 Å². The van der Waals surface area contributed by atoms with Crippen LogP contribution in [0.3, 0.4) is 0 Å². The fraction of sp³-hybridized carbons (Fsp3) is 0.533. The smallest absolute Gasteiger partial charge is 0.143 e. The largest absolute Gasteiger partial charge is 0.495 e. The maximum absolute atomic E-state index is 9.15. The van der Waals surface area contributed by atoms with Gasteiger partial charge in [-0.2, -0.15) is 5.26 Å². The van der Waals surface area contributed by atoms with Gasteiger partial charge in [0.05, 0.1) is 18.4 Å². The number of piperazine rings is 1. The Bertz CT molecular complexity index is 475. The zero-order valence-electron chi connectivity index (χ0n) is 12.2. The molecule has 0 saturated carbocycles. The first-order chi connectivity index (χ1) is 9.74. The highest BCUT2D eigenvalue weighted by Crippen LogP contribution is 2.27. The highest BCUT2D eigenvalue weighted by atomic mass is 16.5. The molecule has 0 radical (unpaired) electrons. The van der Waals surface area contributed by atoms with Crippen LogP contribution in [0.15, 0.2) is 18.2 Å². The van der Waals surface area contributed by atoms with E-state index in [-0.39, 0.29) is 0 Å². The van der Waals surface area contributed by atoms with Crippen LogP contribution in [0.5, 0.6) is 5.75 Å². The predicted molar refractivity (Wildman–Crippen MR) is 80.1 cm³/mol. The summed E-state index contributed by atoms with van der Waals surface area (Å²) >= 11 is 0. The number of anilines is 1. The van der Waals surface area contributed by atoms with Crippen LogP contribution in [0.1, 0.15) is 5.56 Å². The monoisotopic (exact) mass is 274 g/mol. The van der Waals surface area contributed by atoms with E-state index in [0.29, 0.717) is 5.56 Å². The molecule has 0 bridgehead atoms. The molecule has 0 amide bonds. The van der Waals surface area contributed by atoms with E-state index in [2.05, 4.69) is 28.2 Å². The molecule has 20 heavy (non-hydrogen) atoms. The van der Waals surface area contributed by atoms with E-state index in [4.69, 9.17) is 10.00 Å². The number of nitrogens with one attached hydrogen (secondary N) is 1. The molecule has 0 spiro atoms. The zero-order valence-corrected chi connectivity index (χ0v) is 12.2. The highest BCUT2D eigenvalue weighted by Gasteiger charge is 2.14.